The van der Waals surface area contributed by atoms with Gasteiger partial charge in [0.15, 0.2) is 0 Å². The van der Waals surface area contributed by atoms with Gasteiger partial charge in [0, 0.05) is 6.04 Å². The second kappa shape index (κ2) is 5.50. The van der Waals surface area contributed by atoms with Crippen LogP contribution in [-0.4, -0.2) is 24.3 Å². The molecule has 3 fully saturated rings. The van der Waals surface area contributed by atoms with Gasteiger partial charge in [-0.25, -0.2) is 0 Å². The number of hydrogen-bond acceptors (Lipinski definition) is 2. The molecule has 1 heterocycles. The average Bonchev–Trinajstić information content (AvgIpc) is 2.88. The van der Waals surface area contributed by atoms with Gasteiger partial charge in [0.05, 0.1) is 11.7 Å². The van der Waals surface area contributed by atoms with Crippen molar-refractivity contribution in [2.75, 3.05) is 6.54 Å². The van der Waals surface area contributed by atoms with Gasteiger partial charge in [-0.3, -0.25) is 0 Å². The summed E-state index contributed by atoms with van der Waals surface area (Å²) in [6.45, 7) is 3.58. The summed E-state index contributed by atoms with van der Waals surface area (Å²) in [6.07, 6.45) is 14.1. The fraction of sp³-hybridized carbons (Fsp3) is 1.00. The largest absolute Gasteiger partial charge is 0.372 e. The lowest BCUT2D eigenvalue weighted by Crippen LogP contribution is -2.38. The lowest BCUT2D eigenvalue weighted by molar-refractivity contribution is -0.0435. The maximum Gasteiger partial charge on any atom is 0.0687 e. The van der Waals surface area contributed by atoms with Crippen molar-refractivity contribution in [1.29, 1.82) is 0 Å². The molecule has 3 rings (SSSR count). The monoisotopic (exact) mass is 251 g/mol. The van der Waals surface area contributed by atoms with Crippen molar-refractivity contribution < 1.29 is 4.74 Å². The fourth-order valence-electron chi connectivity index (χ4n) is 3.96. The molecule has 0 bridgehead atoms. The molecule has 104 valence electrons. The Morgan fingerprint density at radius 2 is 1.89 bits per heavy atom. The minimum absolute atomic E-state index is 0.325. The van der Waals surface area contributed by atoms with Gasteiger partial charge in [0.2, 0.25) is 0 Å². The molecule has 0 radical (unpaired) electrons. The molecule has 1 saturated heterocycles. The summed E-state index contributed by atoms with van der Waals surface area (Å²) in [6, 6.07) is 0.832. The first-order valence-corrected chi connectivity index (χ1v) is 8.17. The maximum atomic E-state index is 6.40. The van der Waals surface area contributed by atoms with Crippen LogP contribution in [0.3, 0.4) is 0 Å². The third-order valence-electron chi connectivity index (χ3n) is 5.38. The zero-order chi connectivity index (χ0) is 12.4. The number of ether oxygens (including phenoxy) is 1. The van der Waals surface area contributed by atoms with Gasteiger partial charge < -0.3 is 10.1 Å². The summed E-state index contributed by atoms with van der Waals surface area (Å²) in [7, 11) is 0. The summed E-state index contributed by atoms with van der Waals surface area (Å²) in [5.41, 5.74) is 0.325. The van der Waals surface area contributed by atoms with Gasteiger partial charge in [-0.15, -0.1) is 0 Å². The van der Waals surface area contributed by atoms with Crippen molar-refractivity contribution in [1.82, 2.24) is 5.32 Å². The van der Waals surface area contributed by atoms with E-state index in [-0.39, 0.29) is 0 Å². The normalized spacial score (nSPS) is 32.8. The van der Waals surface area contributed by atoms with Crippen LogP contribution in [0, 0.1) is 5.92 Å². The van der Waals surface area contributed by atoms with E-state index in [1.807, 2.05) is 0 Å². The number of nitrogens with one attached hydrogen (secondary N) is 1. The molecule has 0 amide bonds. The quantitative estimate of drug-likeness (QED) is 0.805. The molecule has 2 nitrogen and oxygen atoms in total. The van der Waals surface area contributed by atoms with Crippen molar-refractivity contribution in [3.05, 3.63) is 0 Å². The molecule has 1 spiro atoms. The van der Waals surface area contributed by atoms with Crippen molar-refractivity contribution in [2.24, 2.45) is 5.92 Å². The molecule has 3 aliphatic rings. The van der Waals surface area contributed by atoms with Crippen molar-refractivity contribution in [2.45, 2.75) is 88.9 Å². The first-order valence-electron chi connectivity index (χ1n) is 8.17. The second-order valence-corrected chi connectivity index (χ2v) is 7.05. The Morgan fingerprint density at radius 1 is 1.11 bits per heavy atom. The van der Waals surface area contributed by atoms with E-state index in [1.165, 1.54) is 70.8 Å². The molecule has 2 atom stereocenters. The van der Waals surface area contributed by atoms with Gasteiger partial charge in [-0.1, -0.05) is 26.2 Å². The summed E-state index contributed by atoms with van der Waals surface area (Å²) in [5.74, 6) is 0.771. The molecule has 0 aromatic carbocycles. The van der Waals surface area contributed by atoms with Crippen molar-refractivity contribution in [3.8, 4) is 0 Å². The first kappa shape index (κ1) is 12.9. The number of rotatable bonds is 5. The molecule has 2 aliphatic carbocycles. The zero-order valence-electron chi connectivity index (χ0n) is 11.9. The SMILES string of the molecule is CC(CNC1CCC1)CC1CCC2(CCCC2)O1. The predicted octanol–water partition coefficient (Wildman–Crippen LogP) is 3.65. The Labute approximate surface area is 112 Å². The van der Waals surface area contributed by atoms with E-state index in [2.05, 4.69) is 12.2 Å². The molecule has 0 aromatic heterocycles. The van der Waals surface area contributed by atoms with Gasteiger partial charge in [-0.05, 0) is 57.4 Å². The summed E-state index contributed by atoms with van der Waals surface area (Å²) in [5, 5.41) is 3.70. The van der Waals surface area contributed by atoms with E-state index in [9.17, 15) is 0 Å². The van der Waals surface area contributed by atoms with Gasteiger partial charge >= 0.3 is 0 Å². The highest BCUT2D eigenvalue weighted by atomic mass is 16.5. The summed E-state index contributed by atoms with van der Waals surface area (Å²) in [4.78, 5) is 0. The maximum absolute atomic E-state index is 6.40. The summed E-state index contributed by atoms with van der Waals surface area (Å²) < 4.78 is 6.40. The molecule has 2 heteroatoms. The zero-order valence-corrected chi connectivity index (χ0v) is 11.9. The molecule has 0 aromatic rings. The lowest BCUT2D eigenvalue weighted by atomic mass is 9.92. The van der Waals surface area contributed by atoms with E-state index in [4.69, 9.17) is 4.74 Å². The molecule has 2 saturated carbocycles. The van der Waals surface area contributed by atoms with Crippen molar-refractivity contribution in [3.63, 3.8) is 0 Å². The van der Waals surface area contributed by atoms with Crippen LogP contribution in [0.25, 0.3) is 0 Å². The average molecular weight is 251 g/mol. The molecular formula is C16H29NO. The Kier molecular flexibility index (Phi) is 3.95. The molecule has 1 N–H and O–H groups in total. The first-order chi connectivity index (χ1) is 8.76. The second-order valence-electron chi connectivity index (χ2n) is 7.05. The van der Waals surface area contributed by atoms with E-state index < -0.39 is 0 Å². The van der Waals surface area contributed by atoms with Crippen LogP contribution in [0.4, 0.5) is 0 Å². The van der Waals surface area contributed by atoms with E-state index in [0.29, 0.717) is 11.7 Å². The van der Waals surface area contributed by atoms with Crippen LogP contribution in [-0.2, 0) is 4.74 Å². The lowest BCUT2D eigenvalue weighted by Gasteiger charge is -2.29. The predicted molar refractivity (Wildman–Crippen MR) is 74.7 cm³/mol. The Balaban J connectivity index is 1.37. The highest BCUT2D eigenvalue weighted by Gasteiger charge is 2.42. The Morgan fingerprint density at radius 3 is 2.56 bits per heavy atom. The third-order valence-corrected chi connectivity index (χ3v) is 5.38. The molecule has 18 heavy (non-hydrogen) atoms. The minimum atomic E-state index is 0.325. The van der Waals surface area contributed by atoms with Gasteiger partial charge in [0.1, 0.15) is 0 Å². The third kappa shape index (κ3) is 2.91. The fourth-order valence-corrected chi connectivity index (χ4v) is 3.96. The number of hydrogen-bond donors (Lipinski definition) is 1. The van der Waals surface area contributed by atoms with Crippen LogP contribution in [0.2, 0.25) is 0 Å². The minimum Gasteiger partial charge on any atom is -0.372 e. The highest BCUT2D eigenvalue weighted by molar-refractivity contribution is 4.93. The summed E-state index contributed by atoms with van der Waals surface area (Å²) >= 11 is 0. The standard InChI is InChI=1S/C16H29NO/c1-13(12-17-14-5-4-6-14)11-15-7-10-16(18-15)8-2-3-9-16/h13-15,17H,2-12H2,1H3. The Hall–Kier alpha value is -0.0800. The molecular weight excluding hydrogens is 222 g/mol. The highest BCUT2D eigenvalue weighted by Crippen LogP contribution is 2.44. The van der Waals surface area contributed by atoms with Crippen LogP contribution in [0.5, 0.6) is 0 Å². The van der Waals surface area contributed by atoms with Crippen LogP contribution < -0.4 is 5.32 Å². The molecule has 1 aliphatic heterocycles. The smallest absolute Gasteiger partial charge is 0.0687 e. The van der Waals surface area contributed by atoms with E-state index in [0.717, 1.165) is 12.0 Å². The van der Waals surface area contributed by atoms with Crippen LogP contribution in [0.1, 0.15) is 71.1 Å². The van der Waals surface area contributed by atoms with Crippen molar-refractivity contribution >= 4 is 0 Å². The van der Waals surface area contributed by atoms with Gasteiger partial charge in [-0.2, -0.15) is 0 Å². The topological polar surface area (TPSA) is 21.3 Å². The Bertz CT molecular complexity index is 268. The van der Waals surface area contributed by atoms with E-state index >= 15 is 0 Å². The van der Waals surface area contributed by atoms with Gasteiger partial charge in [0.25, 0.3) is 0 Å². The van der Waals surface area contributed by atoms with E-state index in [1.54, 1.807) is 0 Å². The molecule has 2 unspecified atom stereocenters. The van der Waals surface area contributed by atoms with Crippen LogP contribution in [0.15, 0.2) is 0 Å². The van der Waals surface area contributed by atoms with Crippen LogP contribution >= 0.6 is 0 Å².